The van der Waals surface area contributed by atoms with E-state index in [1.165, 1.54) is 4.90 Å². The van der Waals surface area contributed by atoms with E-state index in [2.05, 4.69) is 20.9 Å². The van der Waals surface area contributed by atoms with Crippen LogP contribution in [0.2, 0.25) is 0 Å². The molecule has 23 heavy (non-hydrogen) atoms. The van der Waals surface area contributed by atoms with E-state index in [4.69, 9.17) is 0 Å². The van der Waals surface area contributed by atoms with Crippen molar-refractivity contribution in [1.82, 2.24) is 9.88 Å². The molecule has 0 saturated carbocycles. The van der Waals surface area contributed by atoms with Crippen LogP contribution in [-0.2, 0) is 4.79 Å². The number of ketones is 1. The summed E-state index contributed by atoms with van der Waals surface area (Å²) in [5.41, 5.74) is 2.78. The molecule has 1 amide bonds. The molecule has 0 fully saturated rings. The zero-order valence-corrected chi connectivity index (χ0v) is 14.3. The van der Waals surface area contributed by atoms with Gasteiger partial charge in [0.2, 0.25) is 0 Å². The average Bonchev–Trinajstić information content (AvgIpc) is 2.93. The van der Waals surface area contributed by atoms with Crippen molar-refractivity contribution in [3.63, 3.8) is 0 Å². The molecule has 0 bridgehead atoms. The highest BCUT2D eigenvalue weighted by atomic mass is 79.9. The predicted octanol–water partition coefficient (Wildman–Crippen LogP) is 3.87. The molecule has 0 aliphatic rings. The van der Waals surface area contributed by atoms with E-state index < -0.39 is 11.7 Å². The molecule has 5 heteroatoms. The minimum atomic E-state index is -0.534. The molecule has 3 rings (SSSR count). The Balaban J connectivity index is 2.25. The van der Waals surface area contributed by atoms with E-state index in [1.54, 1.807) is 14.1 Å². The largest absolute Gasteiger partial charge is 0.354 e. The lowest BCUT2D eigenvalue weighted by atomic mass is 10.0. The average molecular weight is 371 g/mol. The fraction of sp³-hybridized carbons (Fsp3) is 0.111. The molecule has 0 aliphatic carbocycles. The highest BCUT2D eigenvalue weighted by Crippen LogP contribution is 2.31. The van der Waals surface area contributed by atoms with Crippen molar-refractivity contribution < 1.29 is 9.59 Å². The fourth-order valence-corrected chi connectivity index (χ4v) is 2.79. The van der Waals surface area contributed by atoms with Gasteiger partial charge in [0, 0.05) is 29.5 Å². The number of para-hydroxylation sites is 1. The smallest absolute Gasteiger partial charge is 0.294 e. The van der Waals surface area contributed by atoms with Gasteiger partial charge >= 0.3 is 0 Å². The summed E-state index contributed by atoms with van der Waals surface area (Å²) in [5.74, 6) is -1.04. The number of hydrogen-bond acceptors (Lipinski definition) is 2. The Morgan fingerprint density at radius 1 is 1.00 bits per heavy atom. The van der Waals surface area contributed by atoms with Crippen LogP contribution in [0.1, 0.15) is 10.4 Å². The normalized spacial score (nSPS) is 10.7. The third-order valence-corrected chi connectivity index (χ3v) is 4.20. The number of aromatic nitrogens is 1. The molecule has 0 unspecified atom stereocenters. The Bertz CT molecular complexity index is 895. The first-order chi connectivity index (χ1) is 11.0. The summed E-state index contributed by atoms with van der Waals surface area (Å²) in [6.45, 7) is 0. The lowest BCUT2D eigenvalue weighted by Crippen LogP contribution is -2.30. The Hall–Kier alpha value is -2.40. The van der Waals surface area contributed by atoms with Crippen molar-refractivity contribution in [2.75, 3.05) is 14.1 Å². The Labute approximate surface area is 142 Å². The number of rotatable bonds is 3. The van der Waals surface area contributed by atoms with Crippen LogP contribution in [0.4, 0.5) is 0 Å². The number of hydrogen-bond donors (Lipinski definition) is 1. The quantitative estimate of drug-likeness (QED) is 0.561. The van der Waals surface area contributed by atoms with Crippen molar-refractivity contribution in [2.45, 2.75) is 0 Å². The summed E-state index contributed by atoms with van der Waals surface area (Å²) < 4.78 is 0.953. The minimum Gasteiger partial charge on any atom is -0.354 e. The number of amides is 1. The van der Waals surface area contributed by atoms with E-state index in [1.807, 2.05) is 48.5 Å². The number of carbonyl (C=O) groups is 2. The summed E-state index contributed by atoms with van der Waals surface area (Å²) in [5, 5.41) is 0.755. The zero-order valence-electron chi connectivity index (χ0n) is 12.8. The predicted molar refractivity (Wildman–Crippen MR) is 94.5 cm³/mol. The maximum Gasteiger partial charge on any atom is 0.294 e. The fourth-order valence-electron chi connectivity index (χ4n) is 2.52. The van der Waals surface area contributed by atoms with E-state index >= 15 is 0 Å². The number of fused-ring (bicyclic) bond motifs is 1. The SMILES string of the molecule is CN(C)C(=O)C(=O)c1c(-c2ccc(Br)cc2)[nH]c2ccccc12. The van der Waals surface area contributed by atoms with Gasteiger partial charge in [-0.25, -0.2) is 0 Å². The van der Waals surface area contributed by atoms with Gasteiger partial charge in [-0.3, -0.25) is 9.59 Å². The number of Topliss-reactive ketones (excluding diaryl/α,β-unsaturated/α-hetero) is 1. The molecule has 4 nitrogen and oxygen atoms in total. The Kier molecular flexibility index (Phi) is 4.05. The third-order valence-electron chi connectivity index (χ3n) is 3.67. The summed E-state index contributed by atoms with van der Waals surface area (Å²) in [6.07, 6.45) is 0. The second-order valence-corrected chi connectivity index (χ2v) is 6.37. The van der Waals surface area contributed by atoms with Gasteiger partial charge in [0.25, 0.3) is 11.7 Å². The molecule has 1 heterocycles. The van der Waals surface area contributed by atoms with Gasteiger partial charge in [0.15, 0.2) is 0 Å². The van der Waals surface area contributed by atoms with Gasteiger partial charge < -0.3 is 9.88 Å². The molecule has 3 aromatic rings. The molecule has 0 saturated heterocycles. The number of aromatic amines is 1. The number of halogens is 1. The lowest BCUT2D eigenvalue weighted by Gasteiger charge is -2.10. The van der Waals surface area contributed by atoms with E-state index in [-0.39, 0.29) is 0 Å². The van der Waals surface area contributed by atoms with Crippen molar-refractivity contribution in [1.29, 1.82) is 0 Å². The monoisotopic (exact) mass is 370 g/mol. The number of benzene rings is 2. The molecular formula is C18H15BrN2O2. The number of nitrogens with one attached hydrogen (secondary N) is 1. The first-order valence-electron chi connectivity index (χ1n) is 7.11. The van der Waals surface area contributed by atoms with Crippen LogP contribution in [0, 0.1) is 0 Å². The number of carbonyl (C=O) groups excluding carboxylic acids is 2. The molecule has 0 spiro atoms. The van der Waals surface area contributed by atoms with Gasteiger partial charge in [-0.05, 0) is 23.8 Å². The summed E-state index contributed by atoms with van der Waals surface area (Å²) in [7, 11) is 3.16. The minimum absolute atomic E-state index is 0.418. The van der Waals surface area contributed by atoms with Gasteiger partial charge in [0.1, 0.15) is 0 Å². The van der Waals surface area contributed by atoms with Gasteiger partial charge in [-0.1, -0.05) is 46.3 Å². The highest BCUT2D eigenvalue weighted by molar-refractivity contribution is 9.10. The van der Waals surface area contributed by atoms with Crippen molar-refractivity contribution in [3.8, 4) is 11.3 Å². The van der Waals surface area contributed by atoms with Gasteiger partial charge in [-0.2, -0.15) is 0 Å². The van der Waals surface area contributed by atoms with Crippen molar-refractivity contribution >= 4 is 38.5 Å². The lowest BCUT2D eigenvalue weighted by molar-refractivity contribution is -0.124. The van der Waals surface area contributed by atoms with Crippen LogP contribution < -0.4 is 0 Å². The maximum absolute atomic E-state index is 12.7. The van der Waals surface area contributed by atoms with Gasteiger partial charge in [-0.15, -0.1) is 0 Å². The molecule has 0 aliphatic heterocycles. The highest BCUT2D eigenvalue weighted by Gasteiger charge is 2.26. The van der Waals surface area contributed by atoms with Crippen LogP contribution in [0.5, 0.6) is 0 Å². The summed E-state index contributed by atoms with van der Waals surface area (Å²) in [4.78, 5) is 29.4. The molecule has 1 aromatic heterocycles. The van der Waals surface area contributed by atoms with E-state index in [0.717, 1.165) is 20.9 Å². The van der Waals surface area contributed by atoms with Crippen LogP contribution in [0.15, 0.2) is 53.0 Å². The van der Waals surface area contributed by atoms with Gasteiger partial charge in [0.05, 0.1) is 11.3 Å². The van der Waals surface area contributed by atoms with Crippen molar-refractivity contribution in [3.05, 3.63) is 58.6 Å². The first-order valence-corrected chi connectivity index (χ1v) is 7.91. The topological polar surface area (TPSA) is 53.2 Å². The van der Waals surface area contributed by atoms with Crippen LogP contribution in [-0.4, -0.2) is 35.7 Å². The molecular weight excluding hydrogens is 356 g/mol. The Morgan fingerprint density at radius 3 is 2.30 bits per heavy atom. The maximum atomic E-state index is 12.7. The molecule has 116 valence electrons. The standard InChI is InChI=1S/C18H15BrN2O2/c1-21(2)18(23)17(22)15-13-5-3-4-6-14(13)20-16(15)11-7-9-12(19)10-8-11/h3-10,20H,1-2H3. The molecule has 1 N–H and O–H groups in total. The Morgan fingerprint density at radius 2 is 1.65 bits per heavy atom. The van der Waals surface area contributed by atoms with Crippen molar-refractivity contribution in [2.24, 2.45) is 0 Å². The number of nitrogens with zero attached hydrogens (tertiary/aromatic N) is 1. The summed E-state index contributed by atoms with van der Waals surface area (Å²) in [6, 6.07) is 15.1. The van der Waals surface area contributed by atoms with Crippen LogP contribution in [0.3, 0.4) is 0 Å². The zero-order chi connectivity index (χ0) is 16.6. The summed E-state index contributed by atoms with van der Waals surface area (Å²) >= 11 is 3.40. The number of likely N-dealkylation sites (N-methyl/N-ethyl adjacent to an activating group) is 1. The second kappa shape index (κ2) is 6.01. The van der Waals surface area contributed by atoms with E-state index in [9.17, 15) is 9.59 Å². The van der Waals surface area contributed by atoms with Crippen LogP contribution >= 0.6 is 15.9 Å². The van der Waals surface area contributed by atoms with Crippen LogP contribution in [0.25, 0.3) is 22.2 Å². The van der Waals surface area contributed by atoms with E-state index in [0.29, 0.717) is 11.3 Å². The molecule has 0 atom stereocenters. The number of H-pyrrole nitrogens is 1. The third kappa shape index (κ3) is 2.80. The second-order valence-electron chi connectivity index (χ2n) is 5.46. The first kappa shape index (κ1) is 15.5. The molecule has 0 radical (unpaired) electrons. The molecule has 2 aromatic carbocycles.